The number of halogens is 1. The molecule has 2 aromatic carbocycles. The topological polar surface area (TPSA) is 119 Å². The fraction of sp³-hybridized carbons (Fsp3) is 0.360. The third kappa shape index (κ3) is 7.83. The highest BCUT2D eigenvalue weighted by molar-refractivity contribution is 14.1. The molecule has 0 saturated carbocycles. The molecule has 1 aliphatic rings. The molecule has 0 atom stereocenters. The monoisotopic (exact) mass is 608 g/mol. The molecule has 3 rings (SSSR count). The Hall–Kier alpha value is -3.35. The molecule has 0 bridgehead atoms. The average Bonchev–Trinajstić information content (AvgIpc) is 3.42. The highest BCUT2D eigenvalue weighted by atomic mass is 127. The van der Waals surface area contributed by atoms with E-state index in [4.69, 9.17) is 14.2 Å². The van der Waals surface area contributed by atoms with E-state index < -0.39 is 11.8 Å². The van der Waals surface area contributed by atoms with Crippen LogP contribution in [-0.2, 0) is 20.9 Å². The lowest BCUT2D eigenvalue weighted by Gasteiger charge is -2.18. The Morgan fingerprint density at radius 1 is 1.08 bits per heavy atom. The number of rotatable bonds is 10. The van der Waals surface area contributed by atoms with E-state index >= 15 is 0 Å². The first kappa shape index (κ1) is 27.2. The summed E-state index contributed by atoms with van der Waals surface area (Å²) in [5.74, 6) is -0.106. The molecular formula is C25H29IN4O6. The summed E-state index contributed by atoms with van der Waals surface area (Å²) >= 11 is 2.09. The number of nitrogens with one attached hydrogen (secondary N) is 2. The van der Waals surface area contributed by atoms with Gasteiger partial charge in [0.25, 0.3) is 5.91 Å². The number of nitrogens with zero attached hydrogens (tertiary/aromatic N) is 2. The summed E-state index contributed by atoms with van der Waals surface area (Å²) in [4.78, 5) is 38.2. The van der Waals surface area contributed by atoms with Crippen molar-refractivity contribution in [1.29, 1.82) is 0 Å². The Balaban J connectivity index is 1.55. The largest absolute Gasteiger partial charge is 0.497 e. The molecule has 1 aliphatic heterocycles. The number of likely N-dealkylation sites (tertiary alicyclic amines) is 1. The molecule has 1 saturated heterocycles. The zero-order valence-corrected chi connectivity index (χ0v) is 22.4. The van der Waals surface area contributed by atoms with Gasteiger partial charge in [0.2, 0.25) is 0 Å². The van der Waals surface area contributed by atoms with Crippen molar-refractivity contribution in [2.75, 3.05) is 33.4 Å². The molecular weight excluding hydrogens is 579 g/mol. The first-order chi connectivity index (χ1) is 17.4. The van der Waals surface area contributed by atoms with E-state index in [2.05, 4.69) is 38.4 Å². The minimum absolute atomic E-state index is 0.0515. The van der Waals surface area contributed by atoms with Gasteiger partial charge >= 0.3 is 11.8 Å². The molecule has 36 heavy (non-hydrogen) atoms. The molecule has 0 radical (unpaired) electrons. The number of hydrogen-bond donors (Lipinski definition) is 2. The standard InChI is InChI=1S/C25H29IN4O6/c1-3-35-21-13-18(12-20(26)23(21)36-16-22(31)30-10-4-5-11-30)15-28-29-25(33)24(32)27-14-17-6-8-19(34-2)9-7-17/h6-9,12-13,15H,3-5,10-11,14,16H2,1-2H3,(H,27,32)(H,29,33)/b28-15-. The first-order valence-electron chi connectivity index (χ1n) is 11.5. The van der Waals surface area contributed by atoms with Crippen molar-refractivity contribution in [3.63, 3.8) is 0 Å². The predicted octanol–water partition coefficient (Wildman–Crippen LogP) is 2.47. The molecule has 3 amide bonds. The number of hydrogen-bond acceptors (Lipinski definition) is 7. The van der Waals surface area contributed by atoms with Crippen molar-refractivity contribution in [1.82, 2.24) is 15.6 Å². The van der Waals surface area contributed by atoms with Crippen LogP contribution in [0.5, 0.6) is 17.2 Å². The second kappa shape index (κ2) is 13.7. The van der Waals surface area contributed by atoms with Crippen LogP contribution < -0.4 is 25.0 Å². The number of benzene rings is 2. The number of ether oxygens (including phenoxy) is 3. The van der Waals surface area contributed by atoms with Crippen molar-refractivity contribution in [2.24, 2.45) is 5.10 Å². The van der Waals surface area contributed by atoms with E-state index in [0.29, 0.717) is 29.4 Å². The molecule has 2 aromatic rings. The third-order valence-electron chi connectivity index (χ3n) is 5.33. The van der Waals surface area contributed by atoms with Gasteiger partial charge in [0.15, 0.2) is 18.1 Å². The van der Waals surface area contributed by atoms with Crippen LogP contribution in [0.2, 0.25) is 0 Å². The Labute approximate surface area is 223 Å². The minimum atomic E-state index is -0.889. The molecule has 0 aliphatic carbocycles. The van der Waals surface area contributed by atoms with Crippen molar-refractivity contribution >= 4 is 46.5 Å². The Bertz CT molecular complexity index is 1100. The molecule has 11 heteroatoms. The average molecular weight is 608 g/mol. The van der Waals surface area contributed by atoms with Gasteiger partial charge in [-0.3, -0.25) is 14.4 Å². The lowest BCUT2D eigenvalue weighted by atomic mass is 10.2. The third-order valence-corrected chi connectivity index (χ3v) is 6.13. The van der Waals surface area contributed by atoms with Crippen LogP contribution in [0.3, 0.4) is 0 Å². The Morgan fingerprint density at radius 3 is 2.47 bits per heavy atom. The summed E-state index contributed by atoms with van der Waals surface area (Å²) in [5.41, 5.74) is 3.66. The van der Waals surface area contributed by atoms with Crippen molar-refractivity contribution in [3.8, 4) is 17.2 Å². The van der Waals surface area contributed by atoms with E-state index in [1.165, 1.54) is 6.21 Å². The van der Waals surface area contributed by atoms with E-state index in [1.54, 1.807) is 48.4 Å². The van der Waals surface area contributed by atoms with Crippen LogP contribution in [0.1, 0.15) is 30.9 Å². The second-order valence-electron chi connectivity index (χ2n) is 7.87. The SMILES string of the molecule is CCOc1cc(/C=N\NC(=O)C(=O)NCc2ccc(OC)cc2)cc(I)c1OCC(=O)N1CCCC1. The normalized spacial score (nSPS) is 12.9. The molecule has 2 N–H and O–H groups in total. The summed E-state index contributed by atoms with van der Waals surface area (Å²) in [5, 5.41) is 6.41. The summed E-state index contributed by atoms with van der Waals surface area (Å²) in [7, 11) is 1.57. The van der Waals surface area contributed by atoms with Crippen LogP contribution in [0, 0.1) is 3.57 Å². The van der Waals surface area contributed by atoms with Crippen LogP contribution >= 0.6 is 22.6 Å². The Morgan fingerprint density at radius 2 is 1.81 bits per heavy atom. The summed E-state index contributed by atoms with van der Waals surface area (Å²) < 4.78 is 17.3. The fourth-order valence-corrected chi connectivity index (χ4v) is 4.26. The number of hydrazone groups is 1. The second-order valence-corrected chi connectivity index (χ2v) is 9.03. The zero-order valence-electron chi connectivity index (χ0n) is 20.2. The van der Waals surface area contributed by atoms with E-state index in [-0.39, 0.29) is 19.1 Å². The molecule has 10 nitrogen and oxygen atoms in total. The fourth-order valence-electron chi connectivity index (χ4n) is 3.48. The molecule has 1 fully saturated rings. The smallest absolute Gasteiger partial charge is 0.329 e. The highest BCUT2D eigenvalue weighted by Crippen LogP contribution is 2.34. The van der Waals surface area contributed by atoms with Crippen molar-refractivity contribution < 1.29 is 28.6 Å². The molecule has 1 heterocycles. The van der Waals surface area contributed by atoms with Gasteiger partial charge in [0, 0.05) is 19.6 Å². The van der Waals surface area contributed by atoms with Crippen LogP contribution in [0.25, 0.3) is 0 Å². The minimum Gasteiger partial charge on any atom is -0.497 e. The molecule has 0 aromatic heterocycles. The van der Waals surface area contributed by atoms with Gasteiger partial charge in [-0.1, -0.05) is 12.1 Å². The van der Waals surface area contributed by atoms with E-state index in [0.717, 1.165) is 35.1 Å². The van der Waals surface area contributed by atoms with Crippen LogP contribution in [0.4, 0.5) is 0 Å². The first-order valence-corrected chi connectivity index (χ1v) is 12.6. The maximum absolute atomic E-state index is 12.3. The van der Waals surface area contributed by atoms with E-state index in [1.807, 2.05) is 6.92 Å². The van der Waals surface area contributed by atoms with Gasteiger partial charge in [-0.15, -0.1) is 0 Å². The van der Waals surface area contributed by atoms with Crippen LogP contribution in [0.15, 0.2) is 41.5 Å². The van der Waals surface area contributed by atoms with E-state index in [9.17, 15) is 14.4 Å². The maximum atomic E-state index is 12.3. The van der Waals surface area contributed by atoms with Gasteiger partial charge < -0.3 is 24.4 Å². The van der Waals surface area contributed by atoms with Gasteiger partial charge in [-0.25, -0.2) is 5.43 Å². The Kier molecular flexibility index (Phi) is 10.3. The number of amides is 3. The van der Waals surface area contributed by atoms with Gasteiger partial charge in [0.1, 0.15) is 5.75 Å². The van der Waals surface area contributed by atoms with Gasteiger partial charge in [0.05, 0.1) is 23.5 Å². The lowest BCUT2D eigenvalue weighted by Crippen LogP contribution is -2.37. The summed E-state index contributed by atoms with van der Waals surface area (Å²) in [6.07, 6.45) is 3.43. The number of carbonyl (C=O) groups is 3. The maximum Gasteiger partial charge on any atom is 0.329 e. The summed E-state index contributed by atoms with van der Waals surface area (Å²) in [6, 6.07) is 10.6. The van der Waals surface area contributed by atoms with Gasteiger partial charge in [-0.2, -0.15) is 5.10 Å². The lowest BCUT2D eigenvalue weighted by molar-refractivity contribution is -0.139. The molecule has 0 spiro atoms. The number of methoxy groups -OCH3 is 1. The zero-order chi connectivity index (χ0) is 25.9. The number of carbonyl (C=O) groups excluding carboxylic acids is 3. The van der Waals surface area contributed by atoms with Crippen LogP contribution in [-0.4, -0.2) is 62.2 Å². The molecule has 192 valence electrons. The predicted molar refractivity (Wildman–Crippen MR) is 142 cm³/mol. The molecule has 0 unspecified atom stereocenters. The highest BCUT2D eigenvalue weighted by Gasteiger charge is 2.20. The van der Waals surface area contributed by atoms with Gasteiger partial charge in [-0.05, 0) is 77.7 Å². The van der Waals surface area contributed by atoms with Crippen molar-refractivity contribution in [3.05, 3.63) is 51.1 Å². The quantitative estimate of drug-likeness (QED) is 0.185. The summed E-state index contributed by atoms with van der Waals surface area (Å²) in [6.45, 7) is 3.90. The van der Waals surface area contributed by atoms with Crippen molar-refractivity contribution in [2.45, 2.75) is 26.3 Å².